The number of aromatic nitrogens is 2. The number of hydrogen-bond donors (Lipinski definition) is 0. The minimum Gasteiger partial charge on any atom is -0.375 e. The van der Waals surface area contributed by atoms with Gasteiger partial charge in [-0.1, -0.05) is 6.92 Å². The van der Waals surface area contributed by atoms with Crippen LogP contribution in [0.3, 0.4) is 0 Å². The molecule has 5 nitrogen and oxygen atoms in total. The van der Waals surface area contributed by atoms with Crippen LogP contribution in [0.2, 0.25) is 0 Å². The van der Waals surface area contributed by atoms with Crippen molar-refractivity contribution in [3.63, 3.8) is 0 Å². The van der Waals surface area contributed by atoms with E-state index in [2.05, 4.69) is 34.5 Å². The van der Waals surface area contributed by atoms with Crippen LogP contribution in [0.15, 0.2) is 12.5 Å². The molecular formula is C19H32N4O. The molecule has 3 heterocycles. The van der Waals surface area contributed by atoms with Crippen molar-refractivity contribution >= 4 is 5.82 Å². The first-order valence-electron chi connectivity index (χ1n) is 9.80. The third kappa shape index (κ3) is 3.62. The standard InChI is InChI=1S/C19H32N4O/c1-15-11-18(12-15)24-17-5-9-22(10-6-17)19-13-23(14-20-19)16-3-7-21(2)8-4-16/h13-18H,3-12H2,1-2H3. The average Bonchev–Trinajstić information content (AvgIpc) is 3.05. The van der Waals surface area contributed by atoms with Crippen molar-refractivity contribution in [2.24, 2.45) is 5.92 Å². The van der Waals surface area contributed by atoms with Gasteiger partial charge in [0.2, 0.25) is 0 Å². The summed E-state index contributed by atoms with van der Waals surface area (Å²) in [5, 5.41) is 0. The molecule has 3 aliphatic rings. The van der Waals surface area contributed by atoms with Gasteiger partial charge in [0, 0.05) is 25.3 Å². The zero-order valence-electron chi connectivity index (χ0n) is 15.2. The molecule has 2 aliphatic heterocycles. The molecule has 1 aromatic rings. The first kappa shape index (κ1) is 16.4. The lowest BCUT2D eigenvalue weighted by Gasteiger charge is -2.39. The van der Waals surface area contributed by atoms with Crippen LogP contribution >= 0.6 is 0 Å². The number of piperidine rings is 2. The molecule has 0 amide bonds. The third-order valence-corrected chi connectivity index (χ3v) is 6.18. The number of hydrogen-bond acceptors (Lipinski definition) is 4. The lowest BCUT2D eigenvalue weighted by molar-refractivity contribution is -0.0791. The van der Waals surface area contributed by atoms with Crippen molar-refractivity contribution in [1.29, 1.82) is 0 Å². The molecule has 134 valence electrons. The number of rotatable bonds is 4. The van der Waals surface area contributed by atoms with E-state index in [0.29, 0.717) is 18.2 Å². The van der Waals surface area contributed by atoms with Crippen LogP contribution in [0, 0.1) is 5.92 Å². The molecule has 2 saturated heterocycles. The number of anilines is 1. The van der Waals surface area contributed by atoms with Crippen LogP contribution in [0.25, 0.3) is 0 Å². The quantitative estimate of drug-likeness (QED) is 0.849. The van der Waals surface area contributed by atoms with Gasteiger partial charge < -0.3 is 19.1 Å². The molecule has 4 rings (SSSR count). The van der Waals surface area contributed by atoms with Gasteiger partial charge in [-0.05, 0) is 64.6 Å². The summed E-state index contributed by atoms with van der Waals surface area (Å²) < 4.78 is 8.58. The minimum atomic E-state index is 0.467. The average molecular weight is 332 g/mol. The van der Waals surface area contributed by atoms with Gasteiger partial charge in [0.05, 0.1) is 18.5 Å². The Balaban J connectivity index is 1.27. The highest BCUT2D eigenvalue weighted by Gasteiger charge is 2.30. The van der Waals surface area contributed by atoms with Crippen molar-refractivity contribution in [2.75, 3.05) is 38.1 Å². The third-order valence-electron chi connectivity index (χ3n) is 6.18. The van der Waals surface area contributed by atoms with Crippen LogP contribution in [0.4, 0.5) is 5.82 Å². The molecule has 0 aromatic carbocycles. The van der Waals surface area contributed by atoms with E-state index in [-0.39, 0.29) is 0 Å². The first-order valence-corrected chi connectivity index (χ1v) is 9.80. The predicted octanol–water partition coefficient (Wildman–Crippen LogP) is 2.93. The lowest BCUT2D eigenvalue weighted by atomic mass is 9.84. The molecule has 0 atom stereocenters. The number of likely N-dealkylation sites (tertiary alicyclic amines) is 1. The van der Waals surface area contributed by atoms with Crippen molar-refractivity contribution in [3.8, 4) is 0 Å². The SMILES string of the molecule is CC1CC(OC2CCN(c3cn(C4CCN(C)CC4)cn3)CC2)C1. The largest absolute Gasteiger partial charge is 0.375 e. The molecular weight excluding hydrogens is 300 g/mol. The van der Waals surface area contributed by atoms with E-state index in [4.69, 9.17) is 9.72 Å². The second-order valence-corrected chi connectivity index (χ2v) is 8.23. The van der Waals surface area contributed by atoms with Gasteiger partial charge in [-0.2, -0.15) is 0 Å². The van der Waals surface area contributed by atoms with E-state index in [1.165, 1.54) is 38.8 Å². The summed E-state index contributed by atoms with van der Waals surface area (Å²) in [7, 11) is 2.21. The Bertz CT molecular complexity index is 523. The Hall–Kier alpha value is -1.07. The van der Waals surface area contributed by atoms with E-state index >= 15 is 0 Å². The highest BCUT2D eigenvalue weighted by Crippen LogP contribution is 2.32. The molecule has 5 heteroatoms. The summed E-state index contributed by atoms with van der Waals surface area (Å²) in [5.41, 5.74) is 0. The van der Waals surface area contributed by atoms with E-state index in [1.807, 2.05) is 6.33 Å². The van der Waals surface area contributed by atoms with Crippen LogP contribution in [-0.4, -0.2) is 59.9 Å². The van der Waals surface area contributed by atoms with Crippen LogP contribution in [0.1, 0.15) is 51.5 Å². The normalized spacial score (nSPS) is 30.5. The van der Waals surface area contributed by atoms with Crippen molar-refractivity contribution in [2.45, 2.75) is 63.7 Å². The van der Waals surface area contributed by atoms with Gasteiger partial charge in [-0.3, -0.25) is 0 Å². The molecule has 0 spiro atoms. The number of nitrogens with zero attached hydrogens (tertiary/aromatic N) is 4. The Morgan fingerprint density at radius 2 is 1.71 bits per heavy atom. The molecule has 0 bridgehead atoms. The summed E-state index contributed by atoms with van der Waals surface area (Å²) in [6.45, 7) is 6.87. The molecule has 0 radical (unpaired) electrons. The molecule has 1 aliphatic carbocycles. The highest BCUT2D eigenvalue weighted by atomic mass is 16.5. The summed E-state index contributed by atoms with van der Waals surface area (Å²) in [5.74, 6) is 2.03. The summed E-state index contributed by atoms with van der Waals surface area (Å²) in [4.78, 5) is 9.55. The fraction of sp³-hybridized carbons (Fsp3) is 0.842. The van der Waals surface area contributed by atoms with Gasteiger partial charge in [0.15, 0.2) is 0 Å². The zero-order chi connectivity index (χ0) is 16.5. The maximum absolute atomic E-state index is 6.24. The van der Waals surface area contributed by atoms with Crippen molar-refractivity contribution in [1.82, 2.24) is 14.5 Å². The summed E-state index contributed by atoms with van der Waals surface area (Å²) in [6.07, 6.45) is 12.6. The Kier molecular flexibility index (Phi) is 4.81. The Morgan fingerprint density at radius 1 is 1.00 bits per heavy atom. The minimum absolute atomic E-state index is 0.467. The van der Waals surface area contributed by atoms with E-state index < -0.39 is 0 Å². The summed E-state index contributed by atoms with van der Waals surface area (Å²) >= 11 is 0. The van der Waals surface area contributed by atoms with Crippen molar-refractivity contribution in [3.05, 3.63) is 12.5 Å². The number of imidazole rings is 1. The van der Waals surface area contributed by atoms with Gasteiger partial charge in [0.1, 0.15) is 5.82 Å². The fourth-order valence-electron chi connectivity index (χ4n) is 4.41. The Morgan fingerprint density at radius 3 is 2.38 bits per heavy atom. The monoisotopic (exact) mass is 332 g/mol. The molecule has 24 heavy (non-hydrogen) atoms. The van der Waals surface area contributed by atoms with Crippen LogP contribution < -0.4 is 4.90 Å². The maximum atomic E-state index is 6.24. The second kappa shape index (κ2) is 7.04. The molecule has 1 aromatic heterocycles. The van der Waals surface area contributed by atoms with Crippen LogP contribution in [0.5, 0.6) is 0 Å². The van der Waals surface area contributed by atoms with Gasteiger partial charge in [-0.25, -0.2) is 4.98 Å². The fourth-order valence-corrected chi connectivity index (χ4v) is 4.41. The molecule has 0 N–H and O–H groups in total. The van der Waals surface area contributed by atoms with Crippen LogP contribution in [-0.2, 0) is 4.74 Å². The summed E-state index contributed by atoms with van der Waals surface area (Å²) in [6, 6.07) is 0.629. The number of ether oxygens (including phenoxy) is 1. The predicted molar refractivity (Wildman–Crippen MR) is 96.5 cm³/mol. The topological polar surface area (TPSA) is 33.5 Å². The second-order valence-electron chi connectivity index (χ2n) is 8.23. The Labute approximate surface area is 146 Å². The van der Waals surface area contributed by atoms with E-state index in [0.717, 1.165) is 37.7 Å². The zero-order valence-corrected chi connectivity index (χ0v) is 15.2. The highest BCUT2D eigenvalue weighted by molar-refractivity contribution is 5.36. The maximum Gasteiger partial charge on any atom is 0.146 e. The van der Waals surface area contributed by atoms with Gasteiger partial charge in [-0.15, -0.1) is 0 Å². The molecule has 3 fully saturated rings. The van der Waals surface area contributed by atoms with E-state index in [1.54, 1.807) is 0 Å². The van der Waals surface area contributed by atoms with Gasteiger partial charge in [0.25, 0.3) is 0 Å². The lowest BCUT2D eigenvalue weighted by Crippen LogP contribution is -2.41. The smallest absolute Gasteiger partial charge is 0.146 e. The molecule has 1 saturated carbocycles. The van der Waals surface area contributed by atoms with Crippen molar-refractivity contribution < 1.29 is 4.74 Å². The first-order chi connectivity index (χ1) is 11.7. The van der Waals surface area contributed by atoms with E-state index in [9.17, 15) is 0 Å². The van der Waals surface area contributed by atoms with Gasteiger partial charge >= 0.3 is 0 Å². The molecule has 0 unspecified atom stereocenters.